The molecule has 1 heterocycles. The number of nitrogens with zero attached hydrogens (tertiary/aromatic N) is 2. The minimum absolute atomic E-state index is 0.159. The Morgan fingerprint density at radius 1 is 1.25 bits per heavy atom. The molecule has 1 aromatic carbocycles. The van der Waals surface area contributed by atoms with Crippen LogP contribution in [-0.4, -0.2) is 21.4 Å². The van der Waals surface area contributed by atoms with Crippen LogP contribution in [-0.2, 0) is 11.2 Å². The molecule has 2 amide bonds. The van der Waals surface area contributed by atoms with Crippen LogP contribution < -0.4 is 10.6 Å². The maximum absolute atomic E-state index is 12.1. The fourth-order valence-corrected chi connectivity index (χ4v) is 2.32. The third kappa shape index (κ3) is 3.39. The van der Waals surface area contributed by atoms with Gasteiger partial charge in [0.25, 0.3) is 5.91 Å². The molecule has 0 fully saturated rings. The van der Waals surface area contributed by atoms with Crippen LogP contribution in [0, 0.1) is 0 Å². The number of amides is 2. The monoisotopic (exact) mass is 290 g/mol. The van der Waals surface area contributed by atoms with Gasteiger partial charge in [-0.25, -0.2) is 0 Å². The highest BCUT2D eigenvalue weighted by molar-refractivity contribution is 7.08. The second-order valence-electron chi connectivity index (χ2n) is 4.12. The van der Waals surface area contributed by atoms with E-state index in [-0.39, 0.29) is 11.8 Å². The molecule has 0 unspecified atom stereocenters. The molecular weight excluding hydrogens is 276 g/mol. The van der Waals surface area contributed by atoms with Gasteiger partial charge in [0.1, 0.15) is 4.88 Å². The zero-order valence-corrected chi connectivity index (χ0v) is 12.0. The number of carbonyl (C=O) groups is 2. The molecular formula is C13H14N4O2S. The van der Waals surface area contributed by atoms with Gasteiger partial charge in [0.15, 0.2) is 0 Å². The van der Waals surface area contributed by atoms with Gasteiger partial charge in [-0.15, -0.1) is 5.10 Å². The quantitative estimate of drug-likeness (QED) is 0.905. The maximum Gasteiger partial charge on any atom is 0.269 e. The topological polar surface area (TPSA) is 84.0 Å². The van der Waals surface area contributed by atoms with E-state index >= 15 is 0 Å². The lowest BCUT2D eigenvalue weighted by atomic mass is 10.2. The highest BCUT2D eigenvalue weighted by Gasteiger charge is 2.15. The van der Waals surface area contributed by atoms with Gasteiger partial charge in [-0.2, -0.15) is 0 Å². The summed E-state index contributed by atoms with van der Waals surface area (Å²) in [5.41, 5.74) is 1.93. The Morgan fingerprint density at radius 3 is 2.60 bits per heavy atom. The lowest BCUT2D eigenvalue weighted by Crippen LogP contribution is -2.13. The first-order valence-corrected chi connectivity index (χ1v) is 6.87. The van der Waals surface area contributed by atoms with Crippen LogP contribution in [0.4, 0.5) is 11.4 Å². The number of hydrogen-bond acceptors (Lipinski definition) is 5. The molecule has 0 aliphatic rings. The SMILES string of the molecule is CCc1nnsc1C(=O)Nc1cccc(NC(C)=O)c1. The van der Waals surface area contributed by atoms with Crippen LogP contribution in [0.5, 0.6) is 0 Å². The molecule has 20 heavy (non-hydrogen) atoms. The highest BCUT2D eigenvalue weighted by Crippen LogP contribution is 2.18. The zero-order valence-electron chi connectivity index (χ0n) is 11.1. The standard InChI is InChI=1S/C13H14N4O2S/c1-3-11-12(20-17-16-11)13(19)15-10-6-4-5-9(7-10)14-8(2)18/h4-7H,3H2,1-2H3,(H,14,18)(H,15,19). The van der Waals surface area contributed by atoms with Crippen molar-refractivity contribution >= 4 is 34.7 Å². The molecule has 6 nitrogen and oxygen atoms in total. The smallest absolute Gasteiger partial charge is 0.269 e. The Kier molecular flexibility index (Phi) is 4.41. The summed E-state index contributed by atoms with van der Waals surface area (Å²) in [6.45, 7) is 3.35. The molecule has 2 rings (SSSR count). The number of aromatic nitrogens is 2. The lowest BCUT2D eigenvalue weighted by Gasteiger charge is -2.07. The normalized spacial score (nSPS) is 10.1. The summed E-state index contributed by atoms with van der Waals surface area (Å²) in [6, 6.07) is 6.96. The van der Waals surface area contributed by atoms with E-state index in [9.17, 15) is 9.59 Å². The lowest BCUT2D eigenvalue weighted by molar-refractivity contribution is -0.114. The predicted octanol–water partition coefficient (Wildman–Crippen LogP) is 2.31. The van der Waals surface area contributed by atoms with Crippen molar-refractivity contribution in [3.8, 4) is 0 Å². The third-order valence-electron chi connectivity index (χ3n) is 2.54. The minimum Gasteiger partial charge on any atom is -0.326 e. The summed E-state index contributed by atoms with van der Waals surface area (Å²) >= 11 is 1.07. The van der Waals surface area contributed by atoms with E-state index in [0.29, 0.717) is 28.4 Å². The Bertz CT molecular complexity index is 639. The van der Waals surface area contributed by atoms with Crippen molar-refractivity contribution in [2.45, 2.75) is 20.3 Å². The van der Waals surface area contributed by atoms with E-state index in [1.165, 1.54) is 6.92 Å². The molecule has 0 spiro atoms. The van der Waals surface area contributed by atoms with Crippen LogP contribution in [0.3, 0.4) is 0 Å². The van der Waals surface area contributed by atoms with E-state index in [1.807, 2.05) is 6.92 Å². The van der Waals surface area contributed by atoms with Gasteiger partial charge < -0.3 is 10.6 Å². The summed E-state index contributed by atoms with van der Waals surface area (Å²) in [6.07, 6.45) is 0.658. The van der Waals surface area contributed by atoms with Crippen molar-refractivity contribution in [3.05, 3.63) is 34.8 Å². The summed E-state index contributed by atoms with van der Waals surface area (Å²) in [5.74, 6) is -0.398. The van der Waals surface area contributed by atoms with Crippen LogP contribution in [0.1, 0.15) is 29.2 Å². The second-order valence-corrected chi connectivity index (χ2v) is 4.87. The van der Waals surface area contributed by atoms with Crippen LogP contribution in [0.25, 0.3) is 0 Å². The van der Waals surface area contributed by atoms with Gasteiger partial charge in [0, 0.05) is 18.3 Å². The van der Waals surface area contributed by atoms with Crippen molar-refractivity contribution in [1.82, 2.24) is 9.59 Å². The number of aryl methyl sites for hydroxylation is 1. The zero-order chi connectivity index (χ0) is 14.5. The van der Waals surface area contributed by atoms with Crippen molar-refractivity contribution in [2.75, 3.05) is 10.6 Å². The number of anilines is 2. The van der Waals surface area contributed by atoms with Gasteiger partial charge in [-0.05, 0) is 36.2 Å². The van der Waals surface area contributed by atoms with Gasteiger partial charge in [0.2, 0.25) is 5.91 Å². The average molecular weight is 290 g/mol. The van der Waals surface area contributed by atoms with Gasteiger partial charge >= 0.3 is 0 Å². The number of carbonyl (C=O) groups excluding carboxylic acids is 2. The van der Waals surface area contributed by atoms with Crippen LogP contribution in [0.15, 0.2) is 24.3 Å². The Labute approximate surface area is 120 Å². The molecule has 0 aliphatic heterocycles. The summed E-state index contributed by atoms with van der Waals surface area (Å²) in [4.78, 5) is 23.6. The van der Waals surface area contributed by atoms with Gasteiger partial charge in [0.05, 0.1) is 5.69 Å². The molecule has 2 N–H and O–H groups in total. The number of hydrogen-bond donors (Lipinski definition) is 2. The van der Waals surface area contributed by atoms with Crippen LogP contribution in [0.2, 0.25) is 0 Å². The first kappa shape index (κ1) is 14.1. The highest BCUT2D eigenvalue weighted by atomic mass is 32.1. The summed E-state index contributed by atoms with van der Waals surface area (Å²) < 4.78 is 3.79. The Morgan fingerprint density at radius 2 is 1.95 bits per heavy atom. The van der Waals surface area contributed by atoms with Gasteiger partial charge in [-0.3, -0.25) is 9.59 Å². The molecule has 7 heteroatoms. The molecule has 0 saturated carbocycles. The fraction of sp³-hybridized carbons (Fsp3) is 0.231. The molecule has 0 saturated heterocycles. The van der Waals surface area contributed by atoms with Crippen molar-refractivity contribution in [2.24, 2.45) is 0 Å². The molecule has 0 radical (unpaired) electrons. The number of rotatable bonds is 4. The first-order chi connectivity index (χ1) is 9.60. The molecule has 104 valence electrons. The van der Waals surface area contributed by atoms with Gasteiger partial charge in [-0.1, -0.05) is 17.5 Å². The summed E-state index contributed by atoms with van der Waals surface area (Å²) in [5, 5.41) is 9.34. The largest absolute Gasteiger partial charge is 0.326 e. The van der Waals surface area contributed by atoms with E-state index < -0.39 is 0 Å². The molecule has 1 aromatic heterocycles. The Balaban J connectivity index is 2.13. The van der Waals surface area contributed by atoms with Crippen molar-refractivity contribution < 1.29 is 9.59 Å². The van der Waals surface area contributed by atoms with E-state index in [2.05, 4.69) is 20.2 Å². The maximum atomic E-state index is 12.1. The fourth-order valence-electron chi connectivity index (χ4n) is 1.68. The van der Waals surface area contributed by atoms with Crippen LogP contribution >= 0.6 is 11.5 Å². The van der Waals surface area contributed by atoms with E-state index in [1.54, 1.807) is 24.3 Å². The molecule has 0 aliphatic carbocycles. The summed E-state index contributed by atoms with van der Waals surface area (Å²) in [7, 11) is 0. The van der Waals surface area contributed by atoms with Crippen molar-refractivity contribution in [1.29, 1.82) is 0 Å². The second kappa shape index (κ2) is 6.25. The average Bonchev–Trinajstić information content (AvgIpc) is 2.86. The van der Waals surface area contributed by atoms with E-state index in [4.69, 9.17) is 0 Å². The minimum atomic E-state index is -0.239. The molecule has 0 atom stereocenters. The van der Waals surface area contributed by atoms with E-state index in [0.717, 1.165) is 11.5 Å². The molecule has 0 bridgehead atoms. The number of nitrogens with one attached hydrogen (secondary N) is 2. The first-order valence-electron chi connectivity index (χ1n) is 6.10. The Hall–Kier alpha value is -2.28. The van der Waals surface area contributed by atoms with Crippen molar-refractivity contribution in [3.63, 3.8) is 0 Å². The number of benzene rings is 1. The predicted molar refractivity (Wildman–Crippen MR) is 78.0 cm³/mol. The third-order valence-corrected chi connectivity index (χ3v) is 3.30. The molecule has 2 aromatic rings.